The van der Waals surface area contributed by atoms with Crippen molar-refractivity contribution in [1.29, 1.82) is 0 Å². The van der Waals surface area contributed by atoms with Crippen LogP contribution in [0.2, 0.25) is 10.0 Å². The van der Waals surface area contributed by atoms with Crippen LogP contribution in [-0.2, 0) is 22.6 Å². The second kappa shape index (κ2) is 20.9. The van der Waals surface area contributed by atoms with Crippen LogP contribution in [0, 0.1) is 5.92 Å². The fourth-order valence-corrected chi connectivity index (χ4v) is 3.50. The third-order valence-electron chi connectivity index (χ3n) is 4.17. The molecule has 0 unspecified atom stereocenters. The van der Waals surface area contributed by atoms with E-state index < -0.39 is 24.0 Å². The van der Waals surface area contributed by atoms with Crippen LogP contribution in [0.5, 0.6) is 0 Å². The number of benzene rings is 1. The predicted octanol–water partition coefficient (Wildman–Crippen LogP) is -8.64. The van der Waals surface area contributed by atoms with Gasteiger partial charge in [-0.2, -0.15) is 0 Å². The standard InChI is InChI=1S/C19H23Cl2N3O4.2Na.4H2O/c1-11(2)3-16(18(25)26)23-17(19(27)28)7-15-8-22-10-24(15)9-12-4-13(20)6-14(21)5-12;;;;;;/h4-6,8,10-11,16-17,23H,3,7,9H2,1-2H3,(H,25,26)(H,27,28);;;4*1H2/q;2*+1;;;;/p-2/t16-,17-;;;;;;/m0....../s1. The number of aliphatic carboxylic acids is 2. The Labute approximate surface area is 252 Å². The quantitative estimate of drug-likeness (QED) is 0.285. The molecule has 0 aliphatic heterocycles. The summed E-state index contributed by atoms with van der Waals surface area (Å²) < 4.78 is 1.75. The number of carbonyl (C=O) groups is 2. The van der Waals surface area contributed by atoms with E-state index in [1.54, 1.807) is 29.1 Å². The number of aromatic nitrogens is 2. The van der Waals surface area contributed by atoms with E-state index in [-0.39, 0.29) is 99.8 Å². The second-order valence-corrected chi connectivity index (χ2v) is 7.91. The number of rotatable bonds is 10. The number of carbonyl (C=O) groups excluding carboxylic acids is 2. The molecular weight excluding hydrogens is 515 g/mol. The average Bonchev–Trinajstić information content (AvgIpc) is 2.98. The van der Waals surface area contributed by atoms with Crippen molar-refractivity contribution < 1.29 is 101 Å². The molecule has 184 valence electrons. The van der Waals surface area contributed by atoms with Crippen molar-refractivity contribution in [2.45, 2.75) is 45.3 Å². The van der Waals surface area contributed by atoms with E-state index in [9.17, 15) is 19.8 Å². The van der Waals surface area contributed by atoms with E-state index in [0.29, 0.717) is 22.3 Å². The molecule has 34 heavy (non-hydrogen) atoms. The molecule has 0 spiro atoms. The minimum absolute atomic E-state index is 0. The van der Waals surface area contributed by atoms with Gasteiger partial charge in [-0.05, 0) is 36.1 Å². The molecule has 0 aliphatic carbocycles. The van der Waals surface area contributed by atoms with Crippen molar-refractivity contribution in [1.82, 2.24) is 14.9 Å². The first-order valence-corrected chi connectivity index (χ1v) is 9.53. The van der Waals surface area contributed by atoms with Gasteiger partial charge in [0.05, 0.1) is 24.3 Å². The predicted molar refractivity (Wildman–Crippen MR) is 116 cm³/mol. The molecule has 11 nitrogen and oxygen atoms in total. The third kappa shape index (κ3) is 14.3. The summed E-state index contributed by atoms with van der Waals surface area (Å²) >= 11 is 12.0. The van der Waals surface area contributed by atoms with Crippen LogP contribution >= 0.6 is 23.2 Å². The van der Waals surface area contributed by atoms with Crippen LogP contribution in [0.25, 0.3) is 0 Å². The normalized spacial score (nSPS) is 11.1. The number of imidazole rings is 1. The zero-order chi connectivity index (χ0) is 20.8. The minimum Gasteiger partial charge on any atom is -0.548 e. The Bertz CT molecular complexity index is 838. The molecule has 1 aromatic carbocycles. The molecule has 0 saturated carbocycles. The summed E-state index contributed by atoms with van der Waals surface area (Å²) in [4.78, 5) is 27.0. The first-order chi connectivity index (χ1) is 13.2. The molecule has 0 aliphatic rings. The summed E-state index contributed by atoms with van der Waals surface area (Å²) in [6.07, 6.45) is 3.33. The van der Waals surface area contributed by atoms with Crippen molar-refractivity contribution in [2.24, 2.45) is 5.92 Å². The van der Waals surface area contributed by atoms with Crippen LogP contribution < -0.4 is 74.6 Å². The molecule has 9 N–H and O–H groups in total. The molecular formula is C19H29Cl2N3Na2O8. The topological polar surface area (TPSA) is 236 Å². The summed E-state index contributed by atoms with van der Waals surface area (Å²) in [7, 11) is 0. The molecule has 1 heterocycles. The Morgan fingerprint density at radius 1 is 0.971 bits per heavy atom. The second-order valence-electron chi connectivity index (χ2n) is 7.03. The number of hydrogen-bond acceptors (Lipinski definition) is 6. The number of hydrogen-bond donors (Lipinski definition) is 1. The Hall–Kier alpha value is -0.250. The van der Waals surface area contributed by atoms with E-state index in [1.807, 2.05) is 13.8 Å². The summed E-state index contributed by atoms with van der Waals surface area (Å²) in [5, 5.41) is 26.5. The van der Waals surface area contributed by atoms with Gasteiger partial charge >= 0.3 is 59.1 Å². The van der Waals surface area contributed by atoms with Crippen LogP contribution in [0.15, 0.2) is 30.7 Å². The summed E-state index contributed by atoms with van der Waals surface area (Å²) in [5.74, 6) is -2.69. The van der Waals surface area contributed by atoms with Crippen molar-refractivity contribution in [3.8, 4) is 0 Å². The van der Waals surface area contributed by atoms with Crippen molar-refractivity contribution in [2.75, 3.05) is 0 Å². The Balaban J connectivity index is -0.000000467. The number of halogens is 2. The fourth-order valence-electron chi connectivity index (χ4n) is 2.93. The zero-order valence-corrected chi connectivity index (χ0v) is 25.0. The van der Waals surface area contributed by atoms with Gasteiger partial charge < -0.3 is 51.6 Å². The van der Waals surface area contributed by atoms with Gasteiger partial charge in [-0.25, -0.2) is 4.98 Å². The molecule has 15 heteroatoms. The van der Waals surface area contributed by atoms with Gasteiger partial charge in [0.15, 0.2) is 0 Å². The molecule has 2 atom stereocenters. The van der Waals surface area contributed by atoms with Crippen molar-refractivity contribution in [3.05, 3.63) is 52.0 Å². The summed E-state index contributed by atoms with van der Waals surface area (Å²) in [6.45, 7) is 4.07. The van der Waals surface area contributed by atoms with E-state index >= 15 is 0 Å². The van der Waals surface area contributed by atoms with Crippen molar-refractivity contribution >= 4 is 35.1 Å². The first kappa shape index (κ1) is 43.8. The van der Waals surface area contributed by atoms with Gasteiger partial charge in [0, 0.05) is 40.9 Å². The van der Waals surface area contributed by atoms with E-state index in [1.165, 1.54) is 6.20 Å². The van der Waals surface area contributed by atoms with E-state index in [4.69, 9.17) is 23.2 Å². The molecule has 0 fully saturated rings. The number of nitrogens with zero attached hydrogens (tertiary/aromatic N) is 2. The largest absolute Gasteiger partial charge is 1.00 e. The number of carboxylic acids is 2. The van der Waals surface area contributed by atoms with Gasteiger partial charge in [-0.1, -0.05) is 37.0 Å². The van der Waals surface area contributed by atoms with Crippen molar-refractivity contribution in [3.63, 3.8) is 0 Å². The Morgan fingerprint density at radius 2 is 1.47 bits per heavy atom. The van der Waals surface area contributed by atoms with Gasteiger partial charge in [0.1, 0.15) is 0 Å². The number of carboxylic acid groups (broad SMARTS) is 2. The van der Waals surface area contributed by atoms with Crippen LogP contribution in [0.4, 0.5) is 0 Å². The molecule has 0 bridgehead atoms. The Morgan fingerprint density at radius 3 is 1.91 bits per heavy atom. The monoisotopic (exact) mass is 543 g/mol. The molecule has 0 amide bonds. The SMILES string of the molecule is CC(C)C[C@H](N[C@@H](Cc1cncn1Cc1cc(Cl)cc(Cl)c1)C(=O)[O-])C(=O)[O-].O.O.O.O.[Na+].[Na+]. The molecule has 2 rings (SSSR count). The molecule has 0 radical (unpaired) electrons. The first-order valence-electron chi connectivity index (χ1n) is 8.77. The third-order valence-corrected chi connectivity index (χ3v) is 4.60. The summed E-state index contributed by atoms with van der Waals surface area (Å²) in [5.41, 5.74) is 1.42. The number of nitrogens with one attached hydrogen (secondary N) is 1. The van der Waals surface area contributed by atoms with E-state index in [0.717, 1.165) is 5.56 Å². The van der Waals surface area contributed by atoms with Crippen LogP contribution in [0.3, 0.4) is 0 Å². The minimum atomic E-state index is -1.39. The molecule has 0 saturated heterocycles. The average molecular weight is 544 g/mol. The Kier molecular flexibility index (Phi) is 26.9. The maximum atomic E-state index is 11.6. The fraction of sp³-hybridized carbons (Fsp3) is 0.421. The van der Waals surface area contributed by atoms with Gasteiger partial charge in [0.25, 0.3) is 0 Å². The molecule has 2 aromatic rings. The summed E-state index contributed by atoms with van der Waals surface area (Å²) in [6, 6.07) is 2.82. The smallest absolute Gasteiger partial charge is 0.548 e. The van der Waals surface area contributed by atoms with Crippen LogP contribution in [-0.4, -0.2) is 55.5 Å². The molecule has 1 aromatic heterocycles. The van der Waals surface area contributed by atoms with E-state index in [2.05, 4.69) is 10.3 Å². The maximum absolute atomic E-state index is 11.6. The maximum Gasteiger partial charge on any atom is 1.00 e. The van der Waals surface area contributed by atoms with Crippen LogP contribution in [0.1, 0.15) is 31.5 Å². The zero-order valence-electron chi connectivity index (χ0n) is 19.5. The van der Waals surface area contributed by atoms with Gasteiger partial charge in [0.2, 0.25) is 0 Å². The van der Waals surface area contributed by atoms with Gasteiger partial charge in [-0.3, -0.25) is 0 Å². The van der Waals surface area contributed by atoms with Gasteiger partial charge in [-0.15, -0.1) is 0 Å².